The monoisotopic (exact) mass is 470 g/mol. The van der Waals surface area contributed by atoms with Crippen molar-refractivity contribution in [3.8, 4) is 0 Å². The minimum atomic E-state index is -0.942. The highest BCUT2D eigenvalue weighted by Gasteiger charge is 2.27. The third-order valence-corrected chi connectivity index (χ3v) is 6.91. The smallest absolute Gasteiger partial charge is 0.253 e. The molecule has 3 aromatic rings. The minimum Gasteiger partial charge on any atom is -0.382 e. The van der Waals surface area contributed by atoms with Crippen LogP contribution in [0, 0.1) is 25.5 Å². The van der Waals surface area contributed by atoms with Gasteiger partial charge in [0.25, 0.3) is 5.91 Å². The Morgan fingerprint density at radius 1 is 1.09 bits per heavy atom. The van der Waals surface area contributed by atoms with Gasteiger partial charge in [-0.25, -0.2) is 13.8 Å². The van der Waals surface area contributed by atoms with Gasteiger partial charge >= 0.3 is 0 Å². The van der Waals surface area contributed by atoms with Gasteiger partial charge in [-0.2, -0.15) is 0 Å². The average molecular weight is 471 g/mol. The lowest BCUT2D eigenvalue weighted by molar-refractivity contribution is 0.0718. The Bertz CT molecular complexity index is 1200. The van der Waals surface area contributed by atoms with E-state index < -0.39 is 23.0 Å². The van der Waals surface area contributed by atoms with E-state index in [1.807, 2.05) is 36.9 Å². The Hall–Kier alpha value is -3.33. The van der Waals surface area contributed by atoms with Crippen LogP contribution in [0.2, 0.25) is 0 Å². The summed E-state index contributed by atoms with van der Waals surface area (Å²) in [5, 5.41) is 3.65. The van der Waals surface area contributed by atoms with Crippen molar-refractivity contribution in [3.05, 3.63) is 75.2 Å². The van der Waals surface area contributed by atoms with E-state index in [1.165, 1.54) is 6.07 Å². The number of amides is 1. The number of hydrogen-bond acceptors (Lipinski definition) is 6. The second kappa shape index (κ2) is 9.27. The van der Waals surface area contributed by atoms with E-state index in [9.17, 15) is 18.4 Å². The second-order valence-electron chi connectivity index (χ2n) is 8.17. The maximum absolute atomic E-state index is 14.0. The van der Waals surface area contributed by atoms with Gasteiger partial charge in [0.05, 0.1) is 5.56 Å². The molecule has 0 atom stereocenters. The van der Waals surface area contributed by atoms with Crippen LogP contribution in [0.25, 0.3) is 0 Å². The Balaban J connectivity index is 1.40. The molecule has 9 heteroatoms. The molecule has 0 aliphatic carbocycles. The minimum absolute atomic E-state index is 0.00911. The van der Waals surface area contributed by atoms with Crippen molar-refractivity contribution in [2.45, 2.75) is 32.7 Å². The van der Waals surface area contributed by atoms with Gasteiger partial charge in [0.2, 0.25) is 5.78 Å². The first-order valence-electron chi connectivity index (χ1n) is 10.6. The van der Waals surface area contributed by atoms with E-state index in [4.69, 9.17) is 5.73 Å². The summed E-state index contributed by atoms with van der Waals surface area (Å²) in [6, 6.07) is 9.01. The van der Waals surface area contributed by atoms with Gasteiger partial charge in [0, 0.05) is 24.7 Å². The van der Waals surface area contributed by atoms with E-state index in [1.54, 1.807) is 0 Å². The molecule has 1 saturated heterocycles. The van der Waals surface area contributed by atoms with Crippen LogP contribution in [0.15, 0.2) is 36.4 Å². The topological polar surface area (TPSA) is 88.3 Å². The standard InChI is InChI=1S/C24H24F2N4O2S/c1-13-6-7-15(12-14(13)2)23(32)30-10-8-16(9-11-30)28-24-29-22(27)21(33-24)20(31)19-17(25)4-3-5-18(19)26/h3-7,12,16H,8-11,27H2,1-2H3,(H,28,29). The number of aromatic nitrogens is 1. The number of likely N-dealkylation sites (tertiary alicyclic amines) is 1. The van der Waals surface area contributed by atoms with Gasteiger partial charge in [0.15, 0.2) is 5.13 Å². The molecule has 1 aliphatic heterocycles. The number of ketones is 1. The van der Waals surface area contributed by atoms with Crippen LogP contribution in [-0.2, 0) is 0 Å². The summed E-state index contributed by atoms with van der Waals surface area (Å²) in [6.07, 6.45) is 1.39. The SMILES string of the molecule is Cc1ccc(C(=O)N2CCC(Nc3nc(N)c(C(=O)c4c(F)cccc4F)s3)CC2)cc1C. The number of aryl methyl sites for hydroxylation is 2. The first-order chi connectivity index (χ1) is 15.7. The number of halogens is 2. The highest BCUT2D eigenvalue weighted by atomic mass is 32.1. The number of nitrogens with one attached hydrogen (secondary N) is 1. The number of carbonyl (C=O) groups is 2. The number of anilines is 2. The number of benzene rings is 2. The summed E-state index contributed by atoms with van der Waals surface area (Å²) >= 11 is 0.970. The average Bonchev–Trinajstić information content (AvgIpc) is 3.15. The molecule has 2 aromatic carbocycles. The zero-order chi connectivity index (χ0) is 23.7. The van der Waals surface area contributed by atoms with Gasteiger partial charge in [-0.1, -0.05) is 23.5 Å². The number of hydrogen-bond donors (Lipinski definition) is 2. The lowest BCUT2D eigenvalue weighted by atomic mass is 10.0. The number of rotatable bonds is 5. The summed E-state index contributed by atoms with van der Waals surface area (Å²) in [5.74, 6) is -2.78. The van der Waals surface area contributed by atoms with E-state index in [0.717, 1.165) is 34.6 Å². The molecule has 1 fully saturated rings. The van der Waals surface area contributed by atoms with Crippen LogP contribution in [0.5, 0.6) is 0 Å². The molecule has 1 aliphatic rings. The van der Waals surface area contributed by atoms with Crippen LogP contribution in [0.3, 0.4) is 0 Å². The quantitative estimate of drug-likeness (QED) is 0.534. The molecule has 0 radical (unpaired) electrons. The summed E-state index contributed by atoms with van der Waals surface area (Å²) in [7, 11) is 0. The molecule has 0 unspecified atom stereocenters. The molecule has 33 heavy (non-hydrogen) atoms. The summed E-state index contributed by atoms with van der Waals surface area (Å²) in [4.78, 5) is 31.5. The van der Waals surface area contributed by atoms with Crippen molar-refractivity contribution in [2.24, 2.45) is 0 Å². The fourth-order valence-corrected chi connectivity index (χ4v) is 4.75. The van der Waals surface area contributed by atoms with Crippen LogP contribution in [0.1, 0.15) is 49.6 Å². The van der Waals surface area contributed by atoms with Gasteiger partial charge in [-0.3, -0.25) is 9.59 Å². The van der Waals surface area contributed by atoms with Crippen molar-refractivity contribution >= 4 is 34.0 Å². The Labute approximate surface area is 194 Å². The normalized spacial score (nSPS) is 14.4. The van der Waals surface area contributed by atoms with Crippen LogP contribution < -0.4 is 11.1 Å². The van der Waals surface area contributed by atoms with Crippen LogP contribution >= 0.6 is 11.3 Å². The van der Waals surface area contributed by atoms with Crippen molar-refractivity contribution in [1.82, 2.24) is 9.88 Å². The summed E-state index contributed by atoms with van der Waals surface area (Å²) < 4.78 is 28.0. The first kappa shape index (κ1) is 22.8. The van der Waals surface area contributed by atoms with Gasteiger partial charge in [-0.15, -0.1) is 0 Å². The number of piperidine rings is 1. The maximum Gasteiger partial charge on any atom is 0.253 e. The van der Waals surface area contributed by atoms with Crippen LogP contribution in [-0.4, -0.2) is 40.7 Å². The number of nitrogen functional groups attached to an aromatic ring is 1. The molecule has 2 heterocycles. The molecule has 1 amide bonds. The number of carbonyl (C=O) groups excluding carboxylic acids is 2. The molecule has 0 bridgehead atoms. The maximum atomic E-state index is 14.0. The lowest BCUT2D eigenvalue weighted by Crippen LogP contribution is -2.42. The molecule has 4 rings (SSSR count). The zero-order valence-electron chi connectivity index (χ0n) is 18.3. The molecule has 0 spiro atoms. The molecule has 172 valence electrons. The fraction of sp³-hybridized carbons (Fsp3) is 0.292. The van der Waals surface area contributed by atoms with Crippen molar-refractivity contribution < 1.29 is 18.4 Å². The molecule has 1 aromatic heterocycles. The van der Waals surface area contributed by atoms with E-state index in [-0.39, 0.29) is 22.6 Å². The van der Waals surface area contributed by atoms with Gasteiger partial charge < -0.3 is 16.0 Å². The highest BCUT2D eigenvalue weighted by molar-refractivity contribution is 7.18. The van der Waals surface area contributed by atoms with Crippen LogP contribution in [0.4, 0.5) is 19.7 Å². The Morgan fingerprint density at radius 2 is 1.76 bits per heavy atom. The Kier molecular flexibility index (Phi) is 6.42. The van der Waals surface area contributed by atoms with E-state index >= 15 is 0 Å². The number of thiazole rings is 1. The molecule has 3 N–H and O–H groups in total. The van der Waals surface area contributed by atoms with Crippen molar-refractivity contribution in [3.63, 3.8) is 0 Å². The van der Waals surface area contributed by atoms with E-state index in [0.29, 0.717) is 36.6 Å². The summed E-state index contributed by atoms with van der Waals surface area (Å²) in [6.45, 7) is 5.16. The lowest BCUT2D eigenvalue weighted by Gasteiger charge is -2.32. The molecule has 0 saturated carbocycles. The van der Waals surface area contributed by atoms with E-state index in [2.05, 4.69) is 10.3 Å². The van der Waals surface area contributed by atoms with Crippen molar-refractivity contribution in [2.75, 3.05) is 24.1 Å². The Morgan fingerprint density at radius 3 is 2.39 bits per heavy atom. The molecule has 6 nitrogen and oxygen atoms in total. The number of nitrogens with two attached hydrogens (primary N) is 1. The first-order valence-corrected chi connectivity index (χ1v) is 11.4. The highest BCUT2D eigenvalue weighted by Crippen LogP contribution is 2.30. The number of nitrogens with zero attached hydrogens (tertiary/aromatic N) is 2. The zero-order valence-corrected chi connectivity index (χ0v) is 19.1. The van der Waals surface area contributed by atoms with Gasteiger partial charge in [0.1, 0.15) is 22.3 Å². The van der Waals surface area contributed by atoms with Crippen molar-refractivity contribution in [1.29, 1.82) is 0 Å². The molecular weight excluding hydrogens is 446 g/mol. The fourth-order valence-electron chi connectivity index (χ4n) is 3.84. The largest absolute Gasteiger partial charge is 0.382 e. The van der Waals surface area contributed by atoms with Gasteiger partial charge in [-0.05, 0) is 62.1 Å². The summed E-state index contributed by atoms with van der Waals surface area (Å²) in [5.41, 5.74) is 8.14. The third kappa shape index (κ3) is 4.73. The predicted molar refractivity (Wildman–Crippen MR) is 125 cm³/mol. The second-order valence-corrected chi connectivity index (χ2v) is 9.17. The third-order valence-electron chi connectivity index (χ3n) is 5.91. The molecular formula is C24H24F2N4O2S. The predicted octanol–water partition coefficient (Wildman–Crippen LogP) is 4.57.